The fourth-order valence-electron chi connectivity index (χ4n) is 2.08. The molecule has 0 aliphatic heterocycles. The van der Waals surface area contributed by atoms with E-state index in [4.69, 9.17) is 4.74 Å². The van der Waals surface area contributed by atoms with Crippen LogP contribution >= 0.6 is 0 Å². The molecule has 0 aliphatic rings. The van der Waals surface area contributed by atoms with Crippen LogP contribution < -0.4 is 5.32 Å². The Morgan fingerprint density at radius 1 is 0.846 bits per heavy atom. The molecule has 0 heterocycles. The number of carbonyl (C=O) groups excluding carboxylic acids is 3. The maximum absolute atomic E-state index is 11.8. The topological polar surface area (TPSA) is 81.7 Å². The van der Waals surface area contributed by atoms with Crippen LogP contribution in [0.3, 0.4) is 0 Å². The SMILES string of the molecule is CCOC(=O)/C=C/C(=O)OCC(=O)Nc1ccc(-c2ccccc2)cc1. The van der Waals surface area contributed by atoms with Crippen molar-refractivity contribution < 1.29 is 23.9 Å². The van der Waals surface area contributed by atoms with Gasteiger partial charge in [-0.3, -0.25) is 4.79 Å². The quantitative estimate of drug-likeness (QED) is 0.611. The first-order chi connectivity index (χ1) is 12.6. The van der Waals surface area contributed by atoms with Crippen LogP contribution in [0, 0.1) is 0 Å². The Kier molecular flexibility index (Phi) is 7.12. The molecule has 2 aromatic rings. The fraction of sp³-hybridized carbons (Fsp3) is 0.150. The van der Waals surface area contributed by atoms with E-state index in [2.05, 4.69) is 10.1 Å². The van der Waals surface area contributed by atoms with E-state index in [1.165, 1.54) is 0 Å². The van der Waals surface area contributed by atoms with Crippen LogP contribution in [-0.2, 0) is 23.9 Å². The van der Waals surface area contributed by atoms with Gasteiger partial charge in [-0.1, -0.05) is 42.5 Å². The van der Waals surface area contributed by atoms with Crippen molar-refractivity contribution in [2.45, 2.75) is 6.92 Å². The number of carbonyl (C=O) groups is 3. The monoisotopic (exact) mass is 353 g/mol. The molecule has 26 heavy (non-hydrogen) atoms. The summed E-state index contributed by atoms with van der Waals surface area (Å²) in [5, 5.41) is 2.63. The molecular formula is C20H19NO5. The van der Waals surface area contributed by atoms with Crippen molar-refractivity contribution in [1.82, 2.24) is 0 Å². The standard InChI is InChI=1S/C20H19NO5/c1-2-25-19(23)12-13-20(24)26-14-18(22)21-17-10-8-16(9-11-17)15-6-4-3-5-7-15/h3-13H,2,14H2,1H3,(H,21,22)/b13-12+. The molecule has 0 unspecified atom stereocenters. The van der Waals surface area contributed by atoms with E-state index in [0.29, 0.717) is 5.69 Å². The second kappa shape index (κ2) is 9.78. The highest BCUT2D eigenvalue weighted by Crippen LogP contribution is 2.20. The summed E-state index contributed by atoms with van der Waals surface area (Å²) in [6, 6.07) is 17.2. The summed E-state index contributed by atoms with van der Waals surface area (Å²) in [7, 11) is 0. The Hall–Kier alpha value is -3.41. The molecule has 0 spiro atoms. The second-order valence-corrected chi connectivity index (χ2v) is 5.18. The van der Waals surface area contributed by atoms with E-state index in [0.717, 1.165) is 23.3 Å². The largest absolute Gasteiger partial charge is 0.463 e. The zero-order valence-electron chi connectivity index (χ0n) is 14.3. The molecule has 6 nitrogen and oxygen atoms in total. The number of hydrogen-bond donors (Lipinski definition) is 1. The van der Waals surface area contributed by atoms with Gasteiger partial charge in [0.05, 0.1) is 6.61 Å². The van der Waals surface area contributed by atoms with Gasteiger partial charge in [-0.05, 0) is 30.2 Å². The van der Waals surface area contributed by atoms with Crippen molar-refractivity contribution in [2.75, 3.05) is 18.5 Å². The number of nitrogens with one attached hydrogen (secondary N) is 1. The summed E-state index contributed by atoms with van der Waals surface area (Å²) in [6.07, 6.45) is 1.87. The first kappa shape index (κ1) is 18.9. The molecule has 0 saturated heterocycles. The zero-order valence-corrected chi connectivity index (χ0v) is 14.3. The van der Waals surface area contributed by atoms with Crippen molar-refractivity contribution >= 4 is 23.5 Å². The van der Waals surface area contributed by atoms with Gasteiger partial charge in [0.25, 0.3) is 5.91 Å². The normalized spacial score (nSPS) is 10.3. The van der Waals surface area contributed by atoms with E-state index >= 15 is 0 Å². The first-order valence-electron chi connectivity index (χ1n) is 8.05. The number of rotatable bonds is 7. The van der Waals surface area contributed by atoms with Gasteiger partial charge in [-0.15, -0.1) is 0 Å². The third-order valence-electron chi connectivity index (χ3n) is 3.26. The lowest BCUT2D eigenvalue weighted by Gasteiger charge is -2.07. The Bertz CT molecular complexity index is 782. The third kappa shape index (κ3) is 6.24. The number of ether oxygens (including phenoxy) is 2. The van der Waals surface area contributed by atoms with Crippen molar-refractivity contribution in [2.24, 2.45) is 0 Å². The van der Waals surface area contributed by atoms with Crippen molar-refractivity contribution in [3.63, 3.8) is 0 Å². The predicted octanol–water partition coefficient (Wildman–Crippen LogP) is 2.95. The molecule has 0 atom stereocenters. The lowest BCUT2D eigenvalue weighted by atomic mass is 10.1. The molecule has 134 valence electrons. The second-order valence-electron chi connectivity index (χ2n) is 5.18. The summed E-state index contributed by atoms with van der Waals surface area (Å²) in [6.45, 7) is 1.41. The number of benzene rings is 2. The Morgan fingerprint density at radius 3 is 2.04 bits per heavy atom. The highest BCUT2D eigenvalue weighted by atomic mass is 16.5. The lowest BCUT2D eigenvalue weighted by Crippen LogP contribution is -2.20. The molecule has 6 heteroatoms. The molecule has 0 radical (unpaired) electrons. The van der Waals surface area contributed by atoms with E-state index in [9.17, 15) is 14.4 Å². The van der Waals surface area contributed by atoms with E-state index in [1.807, 2.05) is 42.5 Å². The highest BCUT2D eigenvalue weighted by molar-refractivity contribution is 5.95. The Morgan fingerprint density at radius 2 is 1.42 bits per heavy atom. The molecule has 1 N–H and O–H groups in total. The minimum absolute atomic E-state index is 0.212. The van der Waals surface area contributed by atoms with Crippen LogP contribution in [0.25, 0.3) is 11.1 Å². The van der Waals surface area contributed by atoms with Gasteiger partial charge in [-0.2, -0.15) is 0 Å². The predicted molar refractivity (Wildman–Crippen MR) is 97.2 cm³/mol. The van der Waals surface area contributed by atoms with Gasteiger partial charge in [0, 0.05) is 17.8 Å². The Balaban J connectivity index is 1.81. The molecule has 2 aromatic carbocycles. The number of amides is 1. The maximum atomic E-state index is 11.8. The van der Waals surface area contributed by atoms with Gasteiger partial charge < -0.3 is 14.8 Å². The van der Waals surface area contributed by atoms with E-state index in [-0.39, 0.29) is 6.61 Å². The van der Waals surface area contributed by atoms with Crippen LogP contribution in [0.4, 0.5) is 5.69 Å². The summed E-state index contributed by atoms with van der Waals surface area (Å²) < 4.78 is 9.38. The Labute approximate surface area is 151 Å². The number of esters is 2. The minimum atomic E-state index is -0.798. The van der Waals surface area contributed by atoms with Gasteiger partial charge in [-0.25, -0.2) is 9.59 Å². The van der Waals surface area contributed by atoms with Crippen LogP contribution in [0.2, 0.25) is 0 Å². The average molecular weight is 353 g/mol. The minimum Gasteiger partial charge on any atom is -0.463 e. The molecule has 0 aromatic heterocycles. The summed E-state index contributed by atoms with van der Waals surface area (Å²) in [5.74, 6) is -1.92. The smallest absolute Gasteiger partial charge is 0.331 e. The zero-order chi connectivity index (χ0) is 18.8. The van der Waals surface area contributed by atoms with Gasteiger partial charge in [0.1, 0.15) is 0 Å². The maximum Gasteiger partial charge on any atom is 0.331 e. The molecular weight excluding hydrogens is 334 g/mol. The number of anilines is 1. The lowest BCUT2D eigenvalue weighted by molar-refractivity contribution is -0.143. The third-order valence-corrected chi connectivity index (χ3v) is 3.26. The first-order valence-corrected chi connectivity index (χ1v) is 8.05. The van der Waals surface area contributed by atoms with Crippen LogP contribution in [-0.4, -0.2) is 31.1 Å². The van der Waals surface area contributed by atoms with Crippen molar-refractivity contribution in [3.8, 4) is 11.1 Å². The summed E-state index contributed by atoms with van der Waals surface area (Å²) >= 11 is 0. The van der Waals surface area contributed by atoms with Crippen LogP contribution in [0.5, 0.6) is 0 Å². The van der Waals surface area contributed by atoms with Crippen LogP contribution in [0.15, 0.2) is 66.7 Å². The van der Waals surface area contributed by atoms with E-state index < -0.39 is 24.5 Å². The summed E-state index contributed by atoms with van der Waals surface area (Å²) in [4.78, 5) is 34.3. The van der Waals surface area contributed by atoms with Crippen molar-refractivity contribution in [3.05, 3.63) is 66.7 Å². The fourth-order valence-corrected chi connectivity index (χ4v) is 2.08. The van der Waals surface area contributed by atoms with Gasteiger partial charge in [0.15, 0.2) is 6.61 Å². The summed E-state index contributed by atoms with van der Waals surface area (Å²) in [5.41, 5.74) is 2.69. The molecule has 1 amide bonds. The molecule has 2 rings (SSSR count). The van der Waals surface area contributed by atoms with Gasteiger partial charge in [0.2, 0.25) is 0 Å². The van der Waals surface area contributed by atoms with Crippen molar-refractivity contribution in [1.29, 1.82) is 0 Å². The highest BCUT2D eigenvalue weighted by Gasteiger charge is 2.07. The number of hydrogen-bond acceptors (Lipinski definition) is 5. The average Bonchev–Trinajstić information content (AvgIpc) is 2.66. The molecule has 0 fully saturated rings. The molecule has 0 bridgehead atoms. The molecule has 0 saturated carbocycles. The van der Waals surface area contributed by atoms with Crippen LogP contribution in [0.1, 0.15) is 6.92 Å². The van der Waals surface area contributed by atoms with E-state index in [1.54, 1.807) is 19.1 Å². The van der Waals surface area contributed by atoms with Gasteiger partial charge >= 0.3 is 11.9 Å². The molecule has 0 aliphatic carbocycles.